The molecule has 0 atom stereocenters. The average molecular weight is 477 g/mol. The molecule has 0 saturated carbocycles. The summed E-state index contributed by atoms with van der Waals surface area (Å²) in [6.07, 6.45) is 0. The molecule has 2 rings (SSSR count). The lowest BCUT2D eigenvalue weighted by atomic mass is 9.81. The largest absolute Gasteiger partial charge is 0.496 e. The van der Waals surface area contributed by atoms with Crippen LogP contribution in [-0.2, 0) is 13.6 Å². The second-order valence-corrected chi connectivity index (χ2v) is 11.0. The third-order valence-electron chi connectivity index (χ3n) is 5.80. The van der Waals surface area contributed by atoms with E-state index in [2.05, 4.69) is 53.7 Å². The molecule has 0 aromatic heterocycles. The fourth-order valence-corrected chi connectivity index (χ4v) is 6.10. The molecule has 6 heteroatoms. The van der Waals surface area contributed by atoms with E-state index in [1.165, 1.54) is 16.7 Å². The first-order valence-electron chi connectivity index (χ1n) is 11.9. The van der Waals surface area contributed by atoms with E-state index in [0.717, 1.165) is 11.1 Å². The van der Waals surface area contributed by atoms with Gasteiger partial charge in [0, 0.05) is 5.56 Å². The highest BCUT2D eigenvalue weighted by Crippen LogP contribution is 2.55. The zero-order chi connectivity index (χ0) is 24.9. The Hall–Kier alpha value is -1.81. The van der Waals surface area contributed by atoms with Crippen molar-refractivity contribution < 1.29 is 23.1 Å². The van der Waals surface area contributed by atoms with Gasteiger partial charge < -0.3 is 18.5 Å². The SMILES string of the molecule is CCOP(=O)(OCC)c1c(OC)ccc(OC)c1-c1c(C(C)C)cc(C(C)C)cc1C(C)C. The Kier molecular flexibility index (Phi) is 9.60. The molecule has 33 heavy (non-hydrogen) atoms. The molecule has 0 amide bonds. The van der Waals surface area contributed by atoms with Crippen molar-refractivity contribution in [2.24, 2.45) is 0 Å². The average Bonchev–Trinajstić information content (AvgIpc) is 2.77. The minimum absolute atomic E-state index is 0.235. The lowest BCUT2D eigenvalue weighted by Crippen LogP contribution is -2.19. The van der Waals surface area contributed by atoms with Crippen molar-refractivity contribution in [3.8, 4) is 22.6 Å². The van der Waals surface area contributed by atoms with Crippen molar-refractivity contribution in [3.05, 3.63) is 41.0 Å². The molecule has 0 N–H and O–H groups in total. The van der Waals surface area contributed by atoms with Crippen LogP contribution in [0.4, 0.5) is 0 Å². The van der Waals surface area contributed by atoms with Crippen molar-refractivity contribution in [1.82, 2.24) is 0 Å². The first-order chi connectivity index (χ1) is 15.6. The van der Waals surface area contributed by atoms with E-state index in [9.17, 15) is 4.57 Å². The van der Waals surface area contributed by atoms with E-state index in [1.54, 1.807) is 20.3 Å². The van der Waals surface area contributed by atoms with Gasteiger partial charge in [-0.05, 0) is 66.0 Å². The molecule has 2 aromatic carbocycles. The van der Waals surface area contributed by atoms with Gasteiger partial charge in [-0.15, -0.1) is 0 Å². The fourth-order valence-electron chi connectivity index (χ4n) is 4.15. The molecule has 0 fully saturated rings. The highest BCUT2D eigenvalue weighted by atomic mass is 31.2. The van der Waals surface area contributed by atoms with Gasteiger partial charge in [-0.1, -0.05) is 53.7 Å². The molecular formula is C27H41O5P. The summed E-state index contributed by atoms with van der Waals surface area (Å²) >= 11 is 0. The van der Waals surface area contributed by atoms with Crippen LogP contribution in [0.3, 0.4) is 0 Å². The van der Waals surface area contributed by atoms with Crippen molar-refractivity contribution in [2.45, 2.75) is 73.1 Å². The molecule has 0 saturated heterocycles. The number of hydrogen-bond acceptors (Lipinski definition) is 5. The van der Waals surface area contributed by atoms with Crippen LogP contribution in [0.5, 0.6) is 11.5 Å². The van der Waals surface area contributed by atoms with Gasteiger partial charge >= 0.3 is 7.60 Å². The summed E-state index contributed by atoms with van der Waals surface area (Å²) in [6.45, 7) is 17.3. The van der Waals surface area contributed by atoms with Gasteiger partial charge in [-0.3, -0.25) is 4.57 Å². The lowest BCUT2D eigenvalue weighted by molar-refractivity contribution is 0.229. The van der Waals surface area contributed by atoms with Crippen LogP contribution in [-0.4, -0.2) is 27.4 Å². The first kappa shape index (κ1) is 27.4. The second-order valence-electron chi connectivity index (χ2n) is 9.07. The van der Waals surface area contributed by atoms with Gasteiger partial charge in [0.05, 0.1) is 27.4 Å². The van der Waals surface area contributed by atoms with Crippen LogP contribution in [0.1, 0.15) is 89.8 Å². The predicted octanol–water partition coefficient (Wildman–Crippen LogP) is 7.63. The summed E-state index contributed by atoms with van der Waals surface area (Å²) < 4.78 is 37.4. The van der Waals surface area contributed by atoms with Crippen LogP contribution in [0.15, 0.2) is 24.3 Å². The molecule has 0 aliphatic heterocycles. The van der Waals surface area contributed by atoms with Gasteiger partial charge in [0.2, 0.25) is 0 Å². The van der Waals surface area contributed by atoms with E-state index >= 15 is 0 Å². The number of methoxy groups -OCH3 is 2. The van der Waals surface area contributed by atoms with Crippen molar-refractivity contribution in [1.29, 1.82) is 0 Å². The van der Waals surface area contributed by atoms with Gasteiger partial charge in [0.1, 0.15) is 16.8 Å². The summed E-state index contributed by atoms with van der Waals surface area (Å²) in [7, 11) is -0.497. The smallest absolute Gasteiger partial charge is 0.365 e. The highest BCUT2D eigenvalue weighted by Gasteiger charge is 2.37. The van der Waals surface area contributed by atoms with Crippen LogP contribution < -0.4 is 14.8 Å². The number of benzene rings is 2. The maximum absolute atomic E-state index is 14.2. The van der Waals surface area contributed by atoms with Gasteiger partial charge in [0.15, 0.2) is 0 Å². The molecule has 0 heterocycles. The van der Waals surface area contributed by atoms with E-state index in [1.807, 2.05) is 19.9 Å². The molecule has 5 nitrogen and oxygen atoms in total. The molecule has 0 aliphatic carbocycles. The van der Waals surface area contributed by atoms with E-state index < -0.39 is 7.60 Å². The van der Waals surface area contributed by atoms with Gasteiger partial charge in [0.25, 0.3) is 0 Å². The zero-order valence-corrected chi connectivity index (χ0v) is 22.8. The minimum Gasteiger partial charge on any atom is -0.496 e. The van der Waals surface area contributed by atoms with Crippen LogP contribution in [0.2, 0.25) is 0 Å². The third-order valence-corrected chi connectivity index (χ3v) is 7.98. The summed E-state index contributed by atoms with van der Waals surface area (Å²) in [5, 5.41) is 0.425. The summed E-state index contributed by atoms with van der Waals surface area (Å²) in [5.74, 6) is 1.94. The Morgan fingerprint density at radius 3 is 1.55 bits per heavy atom. The molecule has 0 aliphatic rings. The predicted molar refractivity (Wildman–Crippen MR) is 138 cm³/mol. The van der Waals surface area contributed by atoms with Crippen LogP contribution >= 0.6 is 7.60 Å². The summed E-state index contributed by atoms with van der Waals surface area (Å²) in [6, 6.07) is 8.18. The van der Waals surface area contributed by atoms with Crippen molar-refractivity contribution in [3.63, 3.8) is 0 Å². The molecule has 0 unspecified atom stereocenters. The molecule has 0 radical (unpaired) electrons. The van der Waals surface area contributed by atoms with Crippen molar-refractivity contribution in [2.75, 3.05) is 27.4 Å². The number of ether oxygens (including phenoxy) is 2. The van der Waals surface area contributed by atoms with Gasteiger partial charge in [-0.25, -0.2) is 0 Å². The normalized spacial score (nSPS) is 12.2. The Bertz CT molecular complexity index is 955. The Labute approximate surface area is 200 Å². The standard InChI is InChI=1S/C27H41O5P/c1-11-31-33(28,32-12-2)27-24(30-10)14-13-23(29-9)26(27)25-21(18(5)6)15-20(17(3)4)16-22(25)19(7)8/h13-19H,11-12H2,1-10H3. The number of rotatable bonds is 11. The topological polar surface area (TPSA) is 54.0 Å². The maximum Gasteiger partial charge on any atom is 0.365 e. The highest BCUT2D eigenvalue weighted by molar-refractivity contribution is 7.62. The van der Waals surface area contributed by atoms with E-state index in [-0.39, 0.29) is 25.0 Å². The van der Waals surface area contributed by atoms with E-state index in [0.29, 0.717) is 22.7 Å². The Balaban J connectivity index is 3.17. The third kappa shape index (κ3) is 5.65. The molecule has 0 spiro atoms. The molecule has 184 valence electrons. The minimum atomic E-state index is -3.71. The Morgan fingerprint density at radius 1 is 0.727 bits per heavy atom. The second kappa shape index (κ2) is 11.6. The summed E-state index contributed by atoms with van der Waals surface area (Å²) in [4.78, 5) is 0. The van der Waals surface area contributed by atoms with Crippen molar-refractivity contribution >= 4 is 12.9 Å². The first-order valence-corrected chi connectivity index (χ1v) is 13.4. The molecule has 0 bridgehead atoms. The van der Waals surface area contributed by atoms with E-state index in [4.69, 9.17) is 18.5 Å². The summed E-state index contributed by atoms with van der Waals surface area (Å²) in [5.41, 5.74) is 5.39. The lowest BCUT2D eigenvalue weighted by Gasteiger charge is -2.28. The fraction of sp³-hybridized carbons (Fsp3) is 0.556. The monoisotopic (exact) mass is 476 g/mol. The quantitative estimate of drug-likeness (QED) is 0.312. The van der Waals surface area contributed by atoms with Gasteiger partial charge in [-0.2, -0.15) is 0 Å². The zero-order valence-electron chi connectivity index (χ0n) is 21.9. The van der Waals surface area contributed by atoms with Crippen LogP contribution in [0.25, 0.3) is 11.1 Å². The Morgan fingerprint density at radius 2 is 1.18 bits per heavy atom. The molecule has 2 aromatic rings. The number of hydrogen-bond donors (Lipinski definition) is 0. The van der Waals surface area contributed by atoms with Crippen LogP contribution in [0, 0.1) is 0 Å². The maximum atomic E-state index is 14.2. The molecular weight excluding hydrogens is 435 g/mol.